The van der Waals surface area contributed by atoms with Gasteiger partial charge in [-0.25, -0.2) is 4.98 Å². The van der Waals surface area contributed by atoms with Crippen LogP contribution in [0.3, 0.4) is 0 Å². The molecule has 1 aromatic heterocycles. The SMILES string of the molecule is CCCCN(Cc1cccc(Cl)c1Cl)Cc1c(-c2ccc(Cl)cc2)nc(-c2ccccc2)n1CCCC. The van der Waals surface area contributed by atoms with Gasteiger partial charge in [0.25, 0.3) is 0 Å². The molecule has 0 atom stereocenters. The smallest absolute Gasteiger partial charge is 0.140 e. The Morgan fingerprint density at radius 1 is 0.757 bits per heavy atom. The van der Waals surface area contributed by atoms with Crippen LogP contribution in [0.15, 0.2) is 72.8 Å². The van der Waals surface area contributed by atoms with Crippen LogP contribution in [-0.4, -0.2) is 21.0 Å². The van der Waals surface area contributed by atoms with Crippen molar-refractivity contribution in [3.8, 4) is 22.6 Å². The Labute approximate surface area is 236 Å². The Bertz CT molecular complexity index is 1280. The molecule has 0 aliphatic rings. The standard InChI is InChI=1S/C31H34Cl3N3/c1-3-5-19-36(21-25-13-10-14-27(33)29(25)34)22-28-30(23-15-17-26(32)18-16-23)35-31(37(28)20-6-4-2)24-11-8-7-9-12-24/h7-18H,3-6,19-22H2,1-2H3. The van der Waals surface area contributed by atoms with Crippen LogP contribution in [0.5, 0.6) is 0 Å². The van der Waals surface area contributed by atoms with Gasteiger partial charge in [-0.15, -0.1) is 0 Å². The number of unbranched alkanes of at least 4 members (excludes halogenated alkanes) is 2. The highest BCUT2D eigenvalue weighted by molar-refractivity contribution is 6.42. The molecule has 0 unspecified atom stereocenters. The summed E-state index contributed by atoms with van der Waals surface area (Å²) in [5.74, 6) is 1.00. The van der Waals surface area contributed by atoms with Crippen molar-refractivity contribution in [1.82, 2.24) is 14.5 Å². The summed E-state index contributed by atoms with van der Waals surface area (Å²) in [5.41, 5.74) is 5.46. The van der Waals surface area contributed by atoms with E-state index in [4.69, 9.17) is 39.8 Å². The van der Waals surface area contributed by atoms with Crippen LogP contribution in [0.1, 0.15) is 50.8 Å². The topological polar surface area (TPSA) is 21.1 Å². The van der Waals surface area contributed by atoms with Crippen LogP contribution in [0.4, 0.5) is 0 Å². The van der Waals surface area contributed by atoms with Gasteiger partial charge in [0.05, 0.1) is 21.4 Å². The molecule has 0 fully saturated rings. The van der Waals surface area contributed by atoms with Gasteiger partial charge in [-0.05, 0) is 43.1 Å². The van der Waals surface area contributed by atoms with Crippen molar-refractivity contribution in [3.05, 3.63) is 99.1 Å². The van der Waals surface area contributed by atoms with Gasteiger partial charge in [0.1, 0.15) is 5.82 Å². The van der Waals surface area contributed by atoms with E-state index >= 15 is 0 Å². The molecule has 194 valence electrons. The molecule has 1 heterocycles. The Hall–Kier alpha value is -2.30. The average molecular weight is 555 g/mol. The first-order chi connectivity index (χ1) is 18.0. The molecule has 0 saturated carbocycles. The van der Waals surface area contributed by atoms with Crippen molar-refractivity contribution in [1.29, 1.82) is 0 Å². The molecule has 4 aromatic rings. The van der Waals surface area contributed by atoms with E-state index in [1.807, 2.05) is 30.3 Å². The molecular formula is C31H34Cl3N3. The predicted molar refractivity (Wildman–Crippen MR) is 159 cm³/mol. The minimum atomic E-state index is 0.593. The fourth-order valence-corrected chi connectivity index (χ4v) is 5.08. The summed E-state index contributed by atoms with van der Waals surface area (Å²) in [6, 6.07) is 24.4. The first kappa shape index (κ1) is 27.7. The van der Waals surface area contributed by atoms with Crippen molar-refractivity contribution >= 4 is 34.8 Å². The lowest BCUT2D eigenvalue weighted by Gasteiger charge is -2.25. The van der Waals surface area contributed by atoms with Crippen LogP contribution in [0.25, 0.3) is 22.6 Å². The van der Waals surface area contributed by atoms with E-state index in [-0.39, 0.29) is 0 Å². The van der Waals surface area contributed by atoms with Crippen molar-refractivity contribution in [3.63, 3.8) is 0 Å². The van der Waals surface area contributed by atoms with Crippen LogP contribution in [0.2, 0.25) is 15.1 Å². The fraction of sp³-hybridized carbons (Fsp3) is 0.323. The van der Waals surface area contributed by atoms with Gasteiger partial charge >= 0.3 is 0 Å². The normalized spacial score (nSPS) is 11.4. The van der Waals surface area contributed by atoms with Crippen LogP contribution < -0.4 is 0 Å². The predicted octanol–water partition coefficient (Wildman–Crippen LogP) is 9.78. The largest absolute Gasteiger partial charge is 0.326 e. The van der Waals surface area contributed by atoms with E-state index < -0.39 is 0 Å². The second-order valence-electron chi connectivity index (χ2n) is 9.39. The zero-order valence-electron chi connectivity index (χ0n) is 21.6. The summed E-state index contributed by atoms with van der Waals surface area (Å²) in [6.45, 7) is 7.80. The molecule has 0 aliphatic carbocycles. The third-order valence-corrected chi connectivity index (χ3v) is 7.69. The first-order valence-electron chi connectivity index (χ1n) is 13.1. The fourth-order valence-electron chi connectivity index (χ4n) is 4.57. The molecule has 6 heteroatoms. The maximum absolute atomic E-state index is 6.61. The third-order valence-electron chi connectivity index (χ3n) is 6.58. The quantitative estimate of drug-likeness (QED) is 0.174. The molecule has 4 rings (SSSR count). The van der Waals surface area contributed by atoms with Crippen molar-refractivity contribution < 1.29 is 0 Å². The molecule has 0 N–H and O–H groups in total. The molecule has 37 heavy (non-hydrogen) atoms. The van der Waals surface area contributed by atoms with Gasteiger partial charge in [0, 0.05) is 35.8 Å². The zero-order chi connectivity index (χ0) is 26.2. The number of benzene rings is 3. The Morgan fingerprint density at radius 2 is 1.49 bits per heavy atom. The molecule has 0 amide bonds. The molecule has 3 nitrogen and oxygen atoms in total. The number of nitrogens with zero attached hydrogens (tertiary/aromatic N) is 3. The van der Waals surface area contributed by atoms with Crippen molar-refractivity contribution in [2.75, 3.05) is 6.54 Å². The highest BCUT2D eigenvalue weighted by Crippen LogP contribution is 2.33. The lowest BCUT2D eigenvalue weighted by molar-refractivity contribution is 0.246. The average Bonchev–Trinajstić information content (AvgIpc) is 3.27. The number of aromatic nitrogens is 2. The summed E-state index contributed by atoms with van der Waals surface area (Å²) in [7, 11) is 0. The highest BCUT2D eigenvalue weighted by Gasteiger charge is 2.22. The van der Waals surface area contributed by atoms with E-state index in [1.54, 1.807) is 0 Å². The van der Waals surface area contributed by atoms with Gasteiger partial charge < -0.3 is 4.57 Å². The number of imidazole rings is 1. The van der Waals surface area contributed by atoms with Gasteiger partial charge in [0.15, 0.2) is 0 Å². The Morgan fingerprint density at radius 3 is 2.19 bits per heavy atom. The minimum absolute atomic E-state index is 0.593. The summed E-state index contributed by atoms with van der Waals surface area (Å²) >= 11 is 19.2. The van der Waals surface area contributed by atoms with Crippen molar-refractivity contribution in [2.24, 2.45) is 0 Å². The Kier molecular flexibility index (Phi) is 10.1. The molecule has 0 radical (unpaired) electrons. The first-order valence-corrected chi connectivity index (χ1v) is 14.2. The number of hydrogen-bond acceptors (Lipinski definition) is 2. The van der Waals surface area contributed by atoms with E-state index in [1.165, 1.54) is 5.69 Å². The molecule has 0 bridgehead atoms. The monoisotopic (exact) mass is 553 g/mol. The van der Waals surface area contributed by atoms with Crippen molar-refractivity contribution in [2.45, 2.75) is 59.2 Å². The third kappa shape index (κ3) is 6.97. The number of rotatable bonds is 12. The summed E-state index contributed by atoms with van der Waals surface area (Å²) < 4.78 is 2.42. The van der Waals surface area contributed by atoms with Gasteiger partial charge in [-0.1, -0.05) is 116 Å². The molecule has 3 aromatic carbocycles. The van der Waals surface area contributed by atoms with Gasteiger partial charge in [0.2, 0.25) is 0 Å². The number of halogens is 3. The number of hydrogen-bond donors (Lipinski definition) is 0. The van der Waals surface area contributed by atoms with Crippen LogP contribution in [0, 0.1) is 0 Å². The van der Waals surface area contributed by atoms with Crippen LogP contribution >= 0.6 is 34.8 Å². The summed E-state index contributed by atoms with van der Waals surface area (Å²) in [6.07, 6.45) is 4.41. The molecule has 0 saturated heterocycles. The van der Waals surface area contributed by atoms with E-state index in [2.05, 4.69) is 65.8 Å². The summed E-state index contributed by atoms with van der Waals surface area (Å²) in [4.78, 5) is 7.72. The molecule has 0 aliphatic heterocycles. The van der Waals surface area contributed by atoms with E-state index in [0.29, 0.717) is 10.0 Å². The van der Waals surface area contributed by atoms with E-state index in [0.717, 1.165) is 85.1 Å². The van der Waals surface area contributed by atoms with Gasteiger partial charge in [-0.3, -0.25) is 4.90 Å². The minimum Gasteiger partial charge on any atom is -0.326 e. The maximum atomic E-state index is 6.61. The maximum Gasteiger partial charge on any atom is 0.140 e. The van der Waals surface area contributed by atoms with Gasteiger partial charge in [-0.2, -0.15) is 0 Å². The second-order valence-corrected chi connectivity index (χ2v) is 10.6. The highest BCUT2D eigenvalue weighted by atomic mass is 35.5. The van der Waals surface area contributed by atoms with Crippen LogP contribution in [-0.2, 0) is 19.6 Å². The Balaban J connectivity index is 1.82. The van der Waals surface area contributed by atoms with E-state index in [9.17, 15) is 0 Å². The summed E-state index contributed by atoms with van der Waals surface area (Å²) in [5, 5.41) is 1.95. The molecule has 0 spiro atoms. The molecular weight excluding hydrogens is 521 g/mol. The second kappa shape index (κ2) is 13.5. The lowest BCUT2D eigenvalue weighted by atomic mass is 10.1. The zero-order valence-corrected chi connectivity index (χ0v) is 23.8. The lowest BCUT2D eigenvalue weighted by Crippen LogP contribution is -2.26.